The van der Waals surface area contributed by atoms with E-state index < -0.39 is 0 Å². The van der Waals surface area contributed by atoms with Crippen LogP contribution >= 0.6 is 11.6 Å². The molecule has 0 atom stereocenters. The quantitative estimate of drug-likeness (QED) is 0.563. The van der Waals surface area contributed by atoms with Crippen molar-refractivity contribution in [3.8, 4) is 5.88 Å². The van der Waals surface area contributed by atoms with Gasteiger partial charge in [-0.25, -0.2) is 9.97 Å². The lowest BCUT2D eigenvalue weighted by Gasteiger charge is -2.02. The van der Waals surface area contributed by atoms with E-state index in [-0.39, 0.29) is 6.61 Å². The van der Waals surface area contributed by atoms with Crippen molar-refractivity contribution in [2.24, 2.45) is 0 Å². The predicted molar refractivity (Wildman–Crippen MR) is 44.2 cm³/mol. The van der Waals surface area contributed by atoms with E-state index in [4.69, 9.17) is 21.4 Å². The Kier molecular flexibility index (Phi) is 3.76. The zero-order valence-electron chi connectivity index (χ0n) is 6.40. The minimum Gasteiger partial charge on any atom is -0.477 e. The molecule has 12 heavy (non-hydrogen) atoms. The van der Waals surface area contributed by atoms with Gasteiger partial charge in [-0.1, -0.05) is 11.6 Å². The molecule has 66 valence electrons. The van der Waals surface area contributed by atoms with Crippen LogP contribution in [0.4, 0.5) is 0 Å². The number of aliphatic hydroxyl groups excluding tert-OH is 1. The summed E-state index contributed by atoms with van der Waals surface area (Å²) >= 11 is 5.58. The second kappa shape index (κ2) is 4.90. The van der Waals surface area contributed by atoms with Crippen LogP contribution in [0, 0.1) is 0 Å². The van der Waals surface area contributed by atoms with Crippen LogP contribution < -0.4 is 4.74 Å². The van der Waals surface area contributed by atoms with E-state index in [1.165, 1.54) is 12.4 Å². The van der Waals surface area contributed by atoms with Crippen LogP contribution in [0.5, 0.6) is 5.88 Å². The lowest BCUT2D eigenvalue weighted by Crippen LogP contribution is -2.01. The minimum absolute atomic E-state index is 0.110. The van der Waals surface area contributed by atoms with E-state index in [0.717, 1.165) is 0 Å². The molecular formula is C7H9ClN2O2. The van der Waals surface area contributed by atoms with Gasteiger partial charge in [-0.3, -0.25) is 0 Å². The highest BCUT2D eigenvalue weighted by Crippen LogP contribution is 2.10. The molecule has 0 unspecified atom stereocenters. The molecule has 5 heteroatoms. The Balaban J connectivity index is 2.41. The summed E-state index contributed by atoms with van der Waals surface area (Å²) in [6.45, 7) is 0.544. The van der Waals surface area contributed by atoms with Crippen LogP contribution in [0.2, 0.25) is 5.15 Å². The summed E-state index contributed by atoms with van der Waals surface area (Å²) in [5.41, 5.74) is 0. The van der Waals surface area contributed by atoms with Gasteiger partial charge >= 0.3 is 0 Å². The Morgan fingerprint density at radius 3 is 3.00 bits per heavy atom. The SMILES string of the molecule is OCCCOc1cc(Cl)ncn1. The average molecular weight is 189 g/mol. The average Bonchev–Trinajstić information content (AvgIpc) is 2.05. The third kappa shape index (κ3) is 3.02. The summed E-state index contributed by atoms with van der Waals surface area (Å²) in [6, 6.07) is 1.53. The molecule has 1 aromatic rings. The van der Waals surface area contributed by atoms with Crippen molar-refractivity contribution in [3.63, 3.8) is 0 Å². The Bertz CT molecular complexity index is 245. The fourth-order valence-corrected chi connectivity index (χ4v) is 0.775. The van der Waals surface area contributed by atoms with Gasteiger partial charge in [0.25, 0.3) is 0 Å². The molecule has 0 aliphatic carbocycles. The lowest BCUT2D eigenvalue weighted by molar-refractivity contribution is 0.229. The molecule has 0 radical (unpaired) electrons. The molecule has 1 aromatic heterocycles. The van der Waals surface area contributed by atoms with E-state index in [2.05, 4.69) is 9.97 Å². The number of hydrogen-bond donors (Lipinski definition) is 1. The summed E-state index contributed by atoms with van der Waals surface area (Å²) < 4.78 is 5.13. The standard InChI is InChI=1S/C7H9ClN2O2/c8-6-4-7(10-5-9-6)12-3-1-2-11/h4-5,11H,1-3H2. The minimum atomic E-state index is 0.110. The fraction of sp³-hybridized carbons (Fsp3) is 0.429. The largest absolute Gasteiger partial charge is 0.477 e. The molecule has 0 aromatic carbocycles. The first-order valence-corrected chi connectivity index (χ1v) is 3.92. The molecule has 0 aliphatic heterocycles. The van der Waals surface area contributed by atoms with Gasteiger partial charge in [0.1, 0.15) is 11.5 Å². The second-order valence-electron chi connectivity index (χ2n) is 2.10. The van der Waals surface area contributed by atoms with Crippen molar-refractivity contribution in [2.45, 2.75) is 6.42 Å². The van der Waals surface area contributed by atoms with Gasteiger partial charge < -0.3 is 9.84 Å². The number of nitrogens with zero attached hydrogens (tertiary/aromatic N) is 2. The van der Waals surface area contributed by atoms with Gasteiger partial charge in [0.2, 0.25) is 5.88 Å². The van der Waals surface area contributed by atoms with Crippen LogP contribution in [-0.2, 0) is 0 Å². The first-order chi connectivity index (χ1) is 5.83. The number of rotatable bonds is 4. The lowest BCUT2D eigenvalue weighted by atomic mass is 10.5. The first kappa shape index (κ1) is 9.22. The Hall–Kier alpha value is -0.870. The number of aliphatic hydroxyl groups is 1. The van der Waals surface area contributed by atoms with Gasteiger partial charge in [0, 0.05) is 19.1 Å². The summed E-state index contributed by atoms with van der Waals surface area (Å²) in [5.74, 6) is 0.434. The van der Waals surface area contributed by atoms with Gasteiger partial charge in [-0.2, -0.15) is 0 Å². The highest BCUT2D eigenvalue weighted by molar-refractivity contribution is 6.29. The molecular weight excluding hydrogens is 180 g/mol. The van der Waals surface area contributed by atoms with Crippen LogP contribution in [0.1, 0.15) is 6.42 Å². The molecule has 1 heterocycles. The zero-order chi connectivity index (χ0) is 8.81. The highest BCUT2D eigenvalue weighted by atomic mass is 35.5. The van der Waals surface area contributed by atoms with E-state index >= 15 is 0 Å². The normalized spacial score (nSPS) is 9.83. The third-order valence-electron chi connectivity index (χ3n) is 1.16. The van der Waals surface area contributed by atoms with Crippen molar-refractivity contribution < 1.29 is 9.84 Å². The number of aromatic nitrogens is 2. The van der Waals surface area contributed by atoms with Gasteiger partial charge in [0.05, 0.1) is 6.61 Å². The maximum atomic E-state index is 8.46. The van der Waals surface area contributed by atoms with Crippen molar-refractivity contribution in [2.75, 3.05) is 13.2 Å². The molecule has 0 spiro atoms. The number of hydrogen-bond acceptors (Lipinski definition) is 4. The van der Waals surface area contributed by atoms with Gasteiger partial charge in [-0.05, 0) is 0 Å². The second-order valence-corrected chi connectivity index (χ2v) is 2.49. The van der Waals surface area contributed by atoms with E-state index in [1.807, 2.05) is 0 Å². The van der Waals surface area contributed by atoms with Crippen molar-refractivity contribution in [3.05, 3.63) is 17.5 Å². The molecule has 0 amide bonds. The van der Waals surface area contributed by atoms with Crippen LogP contribution in [0.15, 0.2) is 12.4 Å². The molecule has 4 nitrogen and oxygen atoms in total. The topological polar surface area (TPSA) is 55.2 Å². The molecule has 0 fully saturated rings. The molecule has 0 bridgehead atoms. The number of halogens is 1. The van der Waals surface area contributed by atoms with E-state index in [1.54, 1.807) is 0 Å². The van der Waals surface area contributed by atoms with Crippen LogP contribution in [0.25, 0.3) is 0 Å². The summed E-state index contributed by atoms with van der Waals surface area (Å²) in [7, 11) is 0. The van der Waals surface area contributed by atoms with E-state index in [0.29, 0.717) is 24.1 Å². The smallest absolute Gasteiger partial charge is 0.217 e. The zero-order valence-corrected chi connectivity index (χ0v) is 7.16. The third-order valence-corrected chi connectivity index (χ3v) is 1.37. The highest BCUT2D eigenvalue weighted by Gasteiger charge is 1.95. The fourth-order valence-electron chi connectivity index (χ4n) is 0.638. The molecule has 0 saturated heterocycles. The number of ether oxygens (including phenoxy) is 1. The van der Waals surface area contributed by atoms with Crippen molar-refractivity contribution in [1.29, 1.82) is 0 Å². The predicted octanol–water partition coefficient (Wildman–Crippen LogP) is 0.891. The van der Waals surface area contributed by atoms with E-state index in [9.17, 15) is 0 Å². The molecule has 0 saturated carbocycles. The van der Waals surface area contributed by atoms with Crippen LogP contribution in [0.3, 0.4) is 0 Å². The molecule has 1 N–H and O–H groups in total. The maximum Gasteiger partial charge on any atom is 0.217 e. The summed E-state index contributed by atoms with van der Waals surface area (Å²) in [4.78, 5) is 7.50. The van der Waals surface area contributed by atoms with Crippen molar-refractivity contribution in [1.82, 2.24) is 9.97 Å². The Morgan fingerprint density at radius 1 is 1.50 bits per heavy atom. The Morgan fingerprint density at radius 2 is 2.33 bits per heavy atom. The van der Waals surface area contributed by atoms with Gasteiger partial charge in [-0.15, -0.1) is 0 Å². The maximum absolute atomic E-state index is 8.46. The Labute approximate surface area is 75.2 Å². The summed E-state index contributed by atoms with van der Waals surface area (Å²) in [6.07, 6.45) is 1.91. The monoisotopic (exact) mass is 188 g/mol. The van der Waals surface area contributed by atoms with Gasteiger partial charge in [0.15, 0.2) is 0 Å². The molecule has 1 rings (SSSR count). The molecule has 0 aliphatic rings. The van der Waals surface area contributed by atoms with Crippen LogP contribution in [-0.4, -0.2) is 28.3 Å². The first-order valence-electron chi connectivity index (χ1n) is 3.54. The van der Waals surface area contributed by atoms with Crippen molar-refractivity contribution >= 4 is 11.6 Å². The summed E-state index contributed by atoms with van der Waals surface area (Å²) in [5, 5.41) is 8.81.